The molecule has 28 heavy (non-hydrogen) atoms. The molecule has 0 spiro atoms. The molecule has 8 nitrogen and oxygen atoms in total. The van der Waals surface area contributed by atoms with E-state index in [-0.39, 0.29) is 0 Å². The van der Waals surface area contributed by atoms with Crippen LogP contribution in [0.5, 0.6) is 5.75 Å². The van der Waals surface area contributed by atoms with Crippen molar-refractivity contribution in [2.24, 2.45) is 0 Å². The Balaban J connectivity index is 1.60. The molecule has 8 heteroatoms. The summed E-state index contributed by atoms with van der Waals surface area (Å²) in [6.45, 7) is 5.21. The highest BCUT2D eigenvalue weighted by atomic mass is 16.5. The van der Waals surface area contributed by atoms with E-state index in [4.69, 9.17) is 4.74 Å². The number of ether oxygens (including phenoxy) is 1. The van der Waals surface area contributed by atoms with Gasteiger partial charge in [0.2, 0.25) is 5.95 Å². The average molecular weight is 379 g/mol. The second-order valence-electron chi connectivity index (χ2n) is 6.90. The van der Waals surface area contributed by atoms with Gasteiger partial charge in [0.1, 0.15) is 17.3 Å². The predicted octanol–water partition coefficient (Wildman–Crippen LogP) is 2.97. The molecule has 1 aromatic carbocycles. The molecule has 4 rings (SSSR count). The fourth-order valence-corrected chi connectivity index (χ4v) is 3.20. The molecular weight excluding hydrogens is 354 g/mol. The Morgan fingerprint density at radius 3 is 2.75 bits per heavy atom. The van der Waals surface area contributed by atoms with Crippen LogP contribution in [0.1, 0.15) is 17.7 Å². The largest absolute Gasteiger partial charge is 0.494 e. The van der Waals surface area contributed by atoms with Gasteiger partial charge in [0.25, 0.3) is 0 Å². The number of hydrogen-bond acceptors (Lipinski definition) is 7. The smallest absolute Gasteiger partial charge is 0.229 e. The van der Waals surface area contributed by atoms with Gasteiger partial charge in [-0.2, -0.15) is 10.1 Å². The van der Waals surface area contributed by atoms with Gasteiger partial charge in [0, 0.05) is 42.8 Å². The lowest BCUT2D eigenvalue weighted by atomic mass is 10.2. The molecule has 0 atom stereocenters. The zero-order valence-electron chi connectivity index (χ0n) is 16.4. The zero-order valence-corrected chi connectivity index (χ0v) is 16.4. The molecule has 0 bridgehead atoms. The first-order chi connectivity index (χ1) is 13.6. The summed E-state index contributed by atoms with van der Waals surface area (Å²) in [6.07, 6.45) is 5.26. The van der Waals surface area contributed by atoms with Crippen LogP contribution in [-0.4, -0.2) is 51.9 Å². The van der Waals surface area contributed by atoms with Gasteiger partial charge in [-0.25, -0.2) is 9.67 Å². The van der Waals surface area contributed by atoms with Crippen LogP contribution in [0.2, 0.25) is 0 Å². The highest BCUT2D eigenvalue weighted by molar-refractivity contribution is 5.63. The van der Waals surface area contributed by atoms with Gasteiger partial charge in [0.05, 0.1) is 13.3 Å². The van der Waals surface area contributed by atoms with Gasteiger partial charge in [-0.05, 0) is 44.6 Å². The molecule has 2 aromatic heterocycles. The van der Waals surface area contributed by atoms with Crippen LogP contribution in [0.25, 0.3) is 5.69 Å². The van der Waals surface area contributed by atoms with Crippen molar-refractivity contribution in [3.05, 3.63) is 47.9 Å². The number of benzene rings is 1. The Bertz CT molecular complexity index is 965. The monoisotopic (exact) mass is 379 g/mol. The van der Waals surface area contributed by atoms with E-state index in [0.29, 0.717) is 5.95 Å². The zero-order chi connectivity index (χ0) is 19.5. The molecule has 0 unspecified atom stereocenters. The number of anilines is 3. The summed E-state index contributed by atoms with van der Waals surface area (Å²) < 4.78 is 7.40. The Labute approximate surface area is 164 Å². The van der Waals surface area contributed by atoms with Crippen molar-refractivity contribution in [2.45, 2.75) is 19.9 Å². The third kappa shape index (κ3) is 3.91. The standard InChI is InChI=1S/C20H25N7O/c1-14-9-19(21-2)25-20(23-14)24-16-5-6-18(28-3)17(10-16)27-13-15(11-22-27)12-26-7-4-8-26/h5-6,9-11,13H,4,7-8,12H2,1-3H3,(H2,21,23,24,25). The highest BCUT2D eigenvalue weighted by Gasteiger charge is 2.16. The van der Waals surface area contributed by atoms with E-state index >= 15 is 0 Å². The topological polar surface area (TPSA) is 80.1 Å². The van der Waals surface area contributed by atoms with Crippen molar-refractivity contribution in [2.75, 3.05) is 37.9 Å². The number of rotatable bonds is 7. The lowest BCUT2D eigenvalue weighted by molar-refractivity contribution is 0.172. The highest BCUT2D eigenvalue weighted by Crippen LogP contribution is 2.28. The molecule has 0 amide bonds. The summed E-state index contributed by atoms with van der Waals surface area (Å²) >= 11 is 0. The van der Waals surface area contributed by atoms with Crippen molar-refractivity contribution in [1.29, 1.82) is 0 Å². The molecule has 0 saturated carbocycles. The van der Waals surface area contributed by atoms with E-state index in [0.717, 1.165) is 35.2 Å². The average Bonchev–Trinajstić information content (AvgIpc) is 3.13. The van der Waals surface area contributed by atoms with Crippen LogP contribution in [0.4, 0.5) is 17.5 Å². The second-order valence-corrected chi connectivity index (χ2v) is 6.90. The Morgan fingerprint density at radius 2 is 2.04 bits per heavy atom. The Morgan fingerprint density at radius 1 is 1.18 bits per heavy atom. The van der Waals surface area contributed by atoms with Crippen molar-refractivity contribution >= 4 is 17.5 Å². The van der Waals surface area contributed by atoms with E-state index in [1.165, 1.54) is 25.1 Å². The van der Waals surface area contributed by atoms with E-state index in [2.05, 4.69) is 36.8 Å². The van der Waals surface area contributed by atoms with Gasteiger partial charge in [-0.1, -0.05) is 0 Å². The second kappa shape index (κ2) is 7.85. The van der Waals surface area contributed by atoms with E-state index in [1.807, 2.05) is 49.1 Å². The maximum atomic E-state index is 5.54. The van der Waals surface area contributed by atoms with Crippen LogP contribution in [0, 0.1) is 6.92 Å². The minimum Gasteiger partial charge on any atom is -0.494 e. The summed E-state index contributed by atoms with van der Waals surface area (Å²) in [4.78, 5) is 11.3. The fraction of sp³-hybridized carbons (Fsp3) is 0.350. The quantitative estimate of drug-likeness (QED) is 0.653. The third-order valence-electron chi connectivity index (χ3n) is 4.78. The fourth-order valence-electron chi connectivity index (χ4n) is 3.20. The van der Waals surface area contributed by atoms with Crippen LogP contribution in [-0.2, 0) is 6.54 Å². The molecule has 0 radical (unpaired) electrons. The summed E-state index contributed by atoms with van der Waals surface area (Å²) in [5.41, 5.74) is 3.81. The van der Waals surface area contributed by atoms with Gasteiger partial charge in [0.15, 0.2) is 0 Å². The van der Waals surface area contributed by atoms with Crippen molar-refractivity contribution < 1.29 is 4.74 Å². The SMILES string of the molecule is CNc1cc(C)nc(Nc2ccc(OC)c(-n3cc(CN4CCC4)cn3)c2)n1. The number of aryl methyl sites for hydroxylation is 1. The molecule has 1 aliphatic heterocycles. The predicted molar refractivity (Wildman–Crippen MR) is 110 cm³/mol. The summed E-state index contributed by atoms with van der Waals surface area (Å²) in [6, 6.07) is 7.75. The molecule has 1 aliphatic rings. The normalized spacial score (nSPS) is 13.8. The molecule has 3 heterocycles. The van der Waals surface area contributed by atoms with Gasteiger partial charge >= 0.3 is 0 Å². The number of nitrogens with one attached hydrogen (secondary N) is 2. The molecule has 3 aromatic rings. The van der Waals surface area contributed by atoms with E-state index < -0.39 is 0 Å². The first kappa shape index (κ1) is 18.2. The van der Waals surface area contributed by atoms with E-state index in [9.17, 15) is 0 Å². The molecule has 146 valence electrons. The summed E-state index contributed by atoms with van der Waals surface area (Å²) in [5.74, 6) is 2.07. The lowest BCUT2D eigenvalue weighted by Gasteiger charge is -2.29. The van der Waals surface area contributed by atoms with Gasteiger partial charge in [-0.15, -0.1) is 0 Å². The number of nitrogens with zero attached hydrogens (tertiary/aromatic N) is 5. The summed E-state index contributed by atoms with van der Waals surface area (Å²) in [5, 5.41) is 10.9. The van der Waals surface area contributed by atoms with Crippen molar-refractivity contribution in [3.63, 3.8) is 0 Å². The first-order valence-electron chi connectivity index (χ1n) is 9.39. The molecule has 0 aliphatic carbocycles. The number of likely N-dealkylation sites (tertiary alicyclic amines) is 1. The van der Waals surface area contributed by atoms with Gasteiger partial charge < -0.3 is 15.4 Å². The minimum atomic E-state index is 0.541. The number of methoxy groups -OCH3 is 1. The van der Waals surface area contributed by atoms with Crippen molar-refractivity contribution in [3.8, 4) is 11.4 Å². The number of aromatic nitrogens is 4. The van der Waals surface area contributed by atoms with E-state index in [1.54, 1.807) is 7.11 Å². The number of hydrogen-bond donors (Lipinski definition) is 2. The van der Waals surface area contributed by atoms with Crippen LogP contribution >= 0.6 is 0 Å². The minimum absolute atomic E-state index is 0.541. The summed E-state index contributed by atoms with van der Waals surface area (Å²) in [7, 11) is 3.51. The maximum absolute atomic E-state index is 5.54. The van der Waals surface area contributed by atoms with Crippen LogP contribution in [0.15, 0.2) is 36.7 Å². The molecule has 1 fully saturated rings. The Kier molecular flexibility index (Phi) is 5.12. The van der Waals surface area contributed by atoms with Crippen LogP contribution in [0.3, 0.4) is 0 Å². The van der Waals surface area contributed by atoms with Gasteiger partial charge in [-0.3, -0.25) is 4.90 Å². The van der Waals surface area contributed by atoms with Crippen molar-refractivity contribution in [1.82, 2.24) is 24.6 Å². The molecule has 2 N–H and O–H groups in total. The first-order valence-corrected chi connectivity index (χ1v) is 9.39. The molecular formula is C20H25N7O. The molecule has 1 saturated heterocycles. The Hall–Kier alpha value is -3.13. The lowest BCUT2D eigenvalue weighted by Crippen LogP contribution is -2.36. The maximum Gasteiger partial charge on any atom is 0.229 e. The third-order valence-corrected chi connectivity index (χ3v) is 4.78. The van der Waals surface area contributed by atoms with Crippen LogP contribution < -0.4 is 15.4 Å².